The van der Waals surface area contributed by atoms with E-state index in [2.05, 4.69) is 23.6 Å². The van der Waals surface area contributed by atoms with Crippen LogP contribution in [0.15, 0.2) is 42.7 Å². The Morgan fingerprint density at radius 3 is 2.22 bits per heavy atom. The number of hydrogen-bond acceptors (Lipinski definition) is 2. The largest absolute Gasteiger partial charge is 0.497 e. The third kappa shape index (κ3) is 2.57. The van der Waals surface area contributed by atoms with Crippen molar-refractivity contribution in [3.05, 3.63) is 53.9 Å². The summed E-state index contributed by atoms with van der Waals surface area (Å²) in [6.45, 7) is 3.91. The summed E-state index contributed by atoms with van der Waals surface area (Å²) in [6, 6.07) is 10.2. The van der Waals surface area contributed by atoms with Gasteiger partial charge in [0.15, 0.2) is 0 Å². The summed E-state index contributed by atoms with van der Waals surface area (Å²) >= 11 is 0. The van der Waals surface area contributed by atoms with Gasteiger partial charge < -0.3 is 14.4 Å². The van der Waals surface area contributed by atoms with Gasteiger partial charge in [-0.1, -0.05) is 12.1 Å². The number of aliphatic hydroxyl groups excluding tert-OH is 1. The van der Waals surface area contributed by atoms with E-state index in [0.717, 1.165) is 11.3 Å². The zero-order chi connectivity index (χ0) is 13.1. The molecule has 0 aliphatic rings. The number of benzene rings is 1. The predicted octanol–water partition coefficient (Wildman–Crippen LogP) is 3.16. The van der Waals surface area contributed by atoms with Crippen molar-refractivity contribution in [1.29, 1.82) is 0 Å². The second-order valence-corrected chi connectivity index (χ2v) is 4.52. The van der Waals surface area contributed by atoms with Crippen molar-refractivity contribution in [1.82, 2.24) is 4.57 Å². The molecule has 0 amide bonds. The molecule has 0 fully saturated rings. The number of hydrogen-bond donors (Lipinski definition) is 1. The molecule has 0 spiro atoms. The lowest BCUT2D eigenvalue weighted by Gasteiger charge is -2.14. The molecule has 1 aromatic carbocycles. The number of methoxy groups -OCH3 is 1. The van der Waals surface area contributed by atoms with Crippen LogP contribution < -0.4 is 4.74 Å². The van der Waals surface area contributed by atoms with E-state index in [0.29, 0.717) is 0 Å². The summed E-state index contributed by atoms with van der Waals surface area (Å²) in [4.78, 5) is 0. The lowest BCUT2D eigenvalue weighted by atomic mass is 10.1. The molecule has 2 rings (SSSR count). The van der Waals surface area contributed by atoms with Gasteiger partial charge >= 0.3 is 0 Å². The predicted molar refractivity (Wildman–Crippen MR) is 71.9 cm³/mol. The standard InChI is InChI=1S/C15H19NO2/c1-11(13-4-6-15(18-3)7-5-13)16-9-8-14(10-16)12(2)17/h4-12,17H,1-3H3/t11-,12-/m0/s1. The highest BCUT2D eigenvalue weighted by Crippen LogP contribution is 2.23. The second-order valence-electron chi connectivity index (χ2n) is 4.52. The fourth-order valence-corrected chi connectivity index (χ4v) is 1.97. The van der Waals surface area contributed by atoms with Crippen molar-refractivity contribution in [2.75, 3.05) is 7.11 Å². The molecule has 0 saturated heterocycles. The Morgan fingerprint density at radius 2 is 1.72 bits per heavy atom. The van der Waals surface area contributed by atoms with E-state index < -0.39 is 6.10 Å². The number of aromatic nitrogens is 1. The van der Waals surface area contributed by atoms with Gasteiger partial charge in [0.25, 0.3) is 0 Å². The normalized spacial score (nSPS) is 14.2. The van der Waals surface area contributed by atoms with Crippen LogP contribution in [0, 0.1) is 0 Å². The molecule has 2 aromatic rings. The molecule has 0 saturated carbocycles. The van der Waals surface area contributed by atoms with Crippen LogP contribution in [0.4, 0.5) is 0 Å². The van der Waals surface area contributed by atoms with Gasteiger partial charge in [0.1, 0.15) is 5.75 Å². The van der Waals surface area contributed by atoms with E-state index in [1.165, 1.54) is 5.56 Å². The Kier molecular flexibility index (Phi) is 3.72. The summed E-state index contributed by atoms with van der Waals surface area (Å²) < 4.78 is 7.25. The first-order valence-electron chi connectivity index (χ1n) is 6.11. The van der Waals surface area contributed by atoms with Gasteiger partial charge in [-0.3, -0.25) is 0 Å². The molecule has 0 bridgehead atoms. The molecule has 3 heteroatoms. The maximum atomic E-state index is 9.53. The fraction of sp³-hybridized carbons (Fsp3) is 0.333. The quantitative estimate of drug-likeness (QED) is 0.897. The van der Waals surface area contributed by atoms with Crippen molar-refractivity contribution in [3.8, 4) is 5.75 Å². The number of aliphatic hydroxyl groups is 1. The van der Waals surface area contributed by atoms with E-state index in [4.69, 9.17) is 4.74 Å². The highest BCUT2D eigenvalue weighted by Gasteiger charge is 2.09. The summed E-state index contributed by atoms with van der Waals surface area (Å²) in [5.41, 5.74) is 2.15. The van der Waals surface area contributed by atoms with Crippen LogP contribution in [-0.4, -0.2) is 16.8 Å². The molecule has 0 aliphatic carbocycles. The lowest BCUT2D eigenvalue weighted by molar-refractivity contribution is 0.199. The number of ether oxygens (including phenoxy) is 1. The Hall–Kier alpha value is -1.74. The Bertz CT molecular complexity index is 499. The van der Waals surface area contributed by atoms with E-state index in [1.807, 2.05) is 30.6 Å². The second kappa shape index (κ2) is 5.27. The first-order chi connectivity index (χ1) is 8.61. The first-order valence-corrected chi connectivity index (χ1v) is 6.11. The average molecular weight is 245 g/mol. The number of rotatable bonds is 4. The molecule has 1 aromatic heterocycles. The first kappa shape index (κ1) is 12.7. The zero-order valence-electron chi connectivity index (χ0n) is 11.0. The van der Waals surface area contributed by atoms with Crippen LogP contribution in [0.25, 0.3) is 0 Å². The zero-order valence-corrected chi connectivity index (χ0v) is 11.0. The van der Waals surface area contributed by atoms with Crippen molar-refractivity contribution in [2.45, 2.75) is 26.0 Å². The van der Waals surface area contributed by atoms with Gasteiger partial charge in [0.05, 0.1) is 19.3 Å². The summed E-state index contributed by atoms with van der Waals surface area (Å²) in [5.74, 6) is 0.864. The van der Waals surface area contributed by atoms with Crippen LogP contribution in [0.2, 0.25) is 0 Å². The van der Waals surface area contributed by atoms with E-state index in [1.54, 1.807) is 14.0 Å². The van der Waals surface area contributed by atoms with Crippen molar-refractivity contribution < 1.29 is 9.84 Å². The van der Waals surface area contributed by atoms with E-state index in [9.17, 15) is 5.11 Å². The van der Waals surface area contributed by atoms with Crippen LogP contribution in [0.3, 0.4) is 0 Å². The molecule has 0 radical (unpaired) electrons. The van der Waals surface area contributed by atoms with Gasteiger partial charge in [-0.25, -0.2) is 0 Å². The smallest absolute Gasteiger partial charge is 0.118 e. The maximum absolute atomic E-state index is 9.53. The Morgan fingerprint density at radius 1 is 1.06 bits per heavy atom. The van der Waals surface area contributed by atoms with Gasteiger partial charge in [0.2, 0.25) is 0 Å². The minimum atomic E-state index is -0.422. The van der Waals surface area contributed by atoms with E-state index >= 15 is 0 Å². The van der Waals surface area contributed by atoms with Gasteiger partial charge in [0, 0.05) is 12.4 Å². The average Bonchev–Trinajstić information content (AvgIpc) is 2.88. The van der Waals surface area contributed by atoms with Gasteiger partial charge in [-0.05, 0) is 43.2 Å². The molecule has 1 heterocycles. The maximum Gasteiger partial charge on any atom is 0.118 e. The van der Waals surface area contributed by atoms with Gasteiger partial charge in [-0.2, -0.15) is 0 Å². The SMILES string of the molecule is COc1ccc([C@H](C)n2ccc([C@H](C)O)c2)cc1. The Labute approximate surface area is 108 Å². The molecule has 0 aliphatic heterocycles. The van der Waals surface area contributed by atoms with Crippen LogP contribution in [0.5, 0.6) is 5.75 Å². The third-order valence-corrected chi connectivity index (χ3v) is 3.27. The summed E-state index contributed by atoms with van der Waals surface area (Å²) in [7, 11) is 1.67. The monoisotopic (exact) mass is 245 g/mol. The van der Waals surface area contributed by atoms with Gasteiger partial charge in [-0.15, -0.1) is 0 Å². The molecule has 2 atom stereocenters. The van der Waals surface area contributed by atoms with Crippen LogP contribution in [0.1, 0.15) is 37.1 Å². The highest BCUT2D eigenvalue weighted by atomic mass is 16.5. The molecule has 3 nitrogen and oxygen atoms in total. The van der Waals surface area contributed by atoms with Crippen molar-refractivity contribution >= 4 is 0 Å². The number of nitrogens with zero attached hydrogens (tertiary/aromatic N) is 1. The molecular weight excluding hydrogens is 226 g/mol. The van der Waals surface area contributed by atoms with Crippen molar-refractivity contribution in [2.24, 2.45) is 0 Å². The van der Waals surface area contributed by atoms with Crippen LogP contribution >= 0.6 is 0 Å². The molecular formula is C15H19NO2. The van der Waals surface area contributed by atoms with E-state index in [-0.39, 0.29) is 6.04 Å². The summed E-state index contributed by atoms with van der Waals surface area (Å²) in [6.07, 6.45) is 3.56. The van der Waals surface area contributed by atoms with Crippen LogP contribution in [-0.2, 0) is 0 Å². The molecule has 96 valence electrons. The Balaban J connectivity index is 2.20. The molecule has 1 N–H and O–H groups in total. The fourth-order valence-electron chi connectivity index (χ4n) is 1.97. The topological polar surface area (TPSA) is 34.4 Å². The minimum absolute atomic E-state index is 0.239. The third-order valence-electron chi connectivity index (χ3n) is 3.27. The molecule has 0 unspecified atom stereocenters. The lowest BCUT2D eigenvalue weighted by Crippen LogP contribution is -2.04. The molecule has 18 heavy (non-hydrogen) atoms. The highest BCUT2D eigenvalue weighted by molar-refractivity contribution is 5.29. The minimum Gasteiger partial charge on any atom is -0.497 e. The summed E-state index contributed by atoms with van der Waals surface area (Å²) in [5, 5.41) is 9.53. The van der Waals surface area contributed by atoms with Crippen molar-refractivity contribution in [3.63, 3.8) is 0 Å².